The van der Waals surface area contributed by atoms with Crippen molar-refractivity contribution in [3.8, 4) is 28.7 Å². The van der Waals surface area contributed by atoms with Gasteiger partial charge in [-0.25, -0.2) is 4.98 Å². The first-order valence-electron chi connectivity index (χ1n) is 23.8. The van der Waals surface area contributed by atoms with Crippen LogP contribution in [0.25, 0.3) is 39.0 Å². The number of rotatable bonds is 9. The van der Waals surface area contributed by atoms with Gasteiger partial charge in [0.1, 0.15) is 17.3 Å². The summed E-state index contributed by atoms with van der Waals surface area (Å²) < 4.78 is 13.6. The smallest absolute Gasteiger partial charge is 0.269 e. The van der Waals surface area contributed by atoms with Crippen LogP contribution in [-0.4, -0.2) is 14.1 Å². The van der Waals surface area contributed by atoms with Crippen molar-refractivity contribution in [3.05, 3.63) is 209 Å². The molecular weight excluding hydrogens is 817 g/mol. The molecule has 6 aromatic carbocycles. The molecule has 0 fully saturated rings. The van der Waals surface area contributed by atoms with Crippen molar-refractivity contribution in [2.75, 3.05) is 0 Å². The Morgan fingerprint density at radius 3 is 1.70 bits per heavy atom. The minimum atomic E-state index is -0.360. The van der Waals surface area contributed by atoms with Crippen molar-refractivity contribution < 1.29 is 9.30 Å². The Bertz CT molecular complexity index is 3220. The molecule has 0 aliphatic carbocycles. The molecule has 0 aliphatic rings. The van der Waals surface area contributed by atoms with Gasteiger partial charge in [-0.2, -0.15) is 0 Å². The van der Waals surface area contributed by atoms with Gasteiger partial charge in [0.15, 0.2) is 0 Å². The number of ether oxygens (including phenoxy) is 1. The van der Waals surface area contributed by atoms with Crippen molar-refractivity contribution in [2.45, 2.75) is 117 Å². The van der Waals surface area contributed by atoms with E-state index >= 15 is 0 Å². The molecule has 5 heteroatoms. The van der Waals surface area contributed by atoms with Crippen LogP contribution in [0.2, 0.25) is 0 Å². The van der Waals surface area contributed by atoms with E-state index < -0.39 is 0 Å². The van der Waals surface area contributed by atoms with Crippen LogP contribution >= 0.6 is 0 Å². The van der Waals surface area contributed by atoms with Gasteiger partial charge in [-0.05, 0) is 116 Å². The average molecular weight is 883 g/mol. The molecule has 340 valence electrons. The molecule has 0 amide bonds. The van der Waals surface area contributed by atoms with Crippen LogP contribution in [0.3, 0.4) is 0 Å². The third-order valence-electron chi connectivity index (χ3n) is 13.9. The number of hydrogen-bond donors (Lipinski definition) is 0. The second-order valence-corrected chi connectivity index (χ2v) is 22.6. The lowest BCUT2D eigenvalue weighted by atomic mass is 9.78. The van der Waals surface area contributed by atoms with Gasteiger partial charge in [-0.3, -0.25) is 13.7 Å². The highest BCUT2D eigenvalue weighted by atomic mass is 16.5. The minimum Gasteiger partial charge on any atom is -0.458 e. The number of pyridine rings is 1. The van der Waals surface area contributed by atoms with Crippen molar-refractivity contribution in [3.63, 3.8) is 0 Å². The van der Waals surface area contributed by atoms with Crippen LogP contribution in [0.1, 0.15) is 129 Å². The van der Waals surface area contributed by atoms with Crippen LogP contribution in [0.4, 0.5) is 0 Å². The van der Waals surface area contributed by atoms with Crippen molar-refractivity contribution >= 4 is 21.8 Å². The highest BCUT2D eigenvalue weighted by molar-refractivity contribution is 6.10. The Balaban J connectivity index is 1.17. The van der Waals surface area contributed by atoms with E-state index in [9.17, 15) is 0 Å². The van der Waals surface area contributed by atoms with Crippen molar-refractivity contribution in [1.82, 2.24) is 14.1 Å². The molecule has 0 spiro atoms. The second-order valence-electron chi connectivity index (χ2n) is 22.6. The van der Waals surface area contributed by atoms with E-state index in [0.29, 0.717) is 0 Å². The Hall–Kier alpha value is -6.72. The zero-order chi connectivity index (χ0) is 47.7. The Morgan fingerprint density at radius 1 is 0.463 bits per heavy atom. The Labute approximate surface area is 398 Å². The van der Waals surface area contributed by atoms with Crippen molar-refractivity contribution in [2.24, 2.45) is 0 Å². The highest BCUT2D eigenvalue weighted by Gasteiger charge is 2.30. The summed E-state index contributed by atoms with van der Waals surface area (Å²) >= 11 is 0. The predicted octanol–water partition coefficient (Wildman–Crippen LogP) is 15.4. The first-order valence-corrected chi connectivity index (χ1v) is 23.8. The summed E-state index contributed by atoms with van der Waals surface area (Å²) in [4.78, 5) is 4.99. The zero-order valence-corrected chi connectivity index (χ0v) is 41.8. The summed E-state index contributed by atoms with van der Waals surface area (Å²) in [5.41, 5.74) is 12.3. The molecule has 0 unspecified atom stereocenters. The van der Waals surface area contributed by atoms with Gasteiger partial charge in [0.2, 0.25) is 0 Å². The average Bonchev–Trinajstić information content (AvgIpc) is 3.89. The summed E-state index contributed by atoms with van der Waals surface area (Å²) in [7, 11) is 0. The van der Waals surface area contributed by atoms with Gasteiger partial charge in [-0.15, -0.1) is 0 Å². The molecule has 9 aromatic rings. The Kier molecular flexibility index (Phi) is 11.2. The van der Waals surface area contributed by atoms with E-state index in [1.807, 2.05) is 12.3 Å². The van der Waals surface area contributed by atoms with Gasteiger partial charge in [-0.1, -0.05) is 169 Å². The molecule has 67 heavy (non-hydrogen) atoms. The van der Waals surface area contributed by atoms with Crippen LogP contribution in [0.5, 0.6) is 11.5 Å². The minimum absolute atomic E-state index is 0.0243. The third-order valence-corrected chi connectivity index (χ3v) is 13.9. The topological polar surface area (TPSA) is 35.9 Å². The molecule has 3 aromatic heterocycles. The Morgan fingerprint density at radius 2 is 1.07 bits per heavy atom. The zero-order valence-electron chi connectivity index (χ0n) is 41.8. The van der Waals surface area contributed by atoms with E-state index in [0.717, 1.165) is 50.8 Å². The number of benzene rings is 6. The van der Waals surface area contributed by atoms with Gasteiger partial charge < -0.3 is 4.74 Å². The van der Waals surface area contributed by atoms with Gasteiger partial charge in [0.05, 0.1) is 28.1 Å². The molecule has 0 bridgehead atoms. The molecule has 0 saturated carbocycles. The second kappa shape index (κ2) is 16.6. The molecule has 5 nitrogen and oxygen atoms in total. The molecule has 0 radical (unpaired) electrons. The predicted molar refractivity (Wildman–Crippen MR) is 278 cm³/mol. The number of nitrogens with zero attached hydrogens (tertiary/aromatic N) is 4. The number of hydrogen-bond acceptors (Lipinski definition) is 2. The maximum atomic E-state index is 6.89. The van der Waals surface area contributed by atoms with E-state index in [1.165, 1.54) is 38.8 Å². The SMILES string of the molecule is CC(C)(C)c1cc(-[n+]2[c-]n(-c3cccc(Oc4ccc5c6cc(C(C)(C)c7ccccc7)ccc6n(-c6cc(C(C)(C)C)ccn6)c5c4)c3)c(C(C)(C)c3ccccc3)c2)cc(C(C)(C)C)c1. The van der Waals surface area contributed by atoms with E-state index in [4.69, 9.17) is 9.72 Å². The van der Waals surface area contributed by atoms with E-state index in [2.05, 4.69) is 262 Å². The molecular formula is C62H66N4O. The summed E-state index contributed by atoms with van der Waals surface area (Å²) in [5, 5.41) is 2.33. The number of fused-ring (bicyclic) bond motifs is 3. The maximum Gasteiger partial charge on any atom is 0.269 e. The molecule has 0 N–H and O–H groups in total. The van der Waals surface area contributed by atoms with Crippen LogP contribution in [0.15, 0.2) is 164 Å². The monoisotopic (exact) mass is 883 g/mol. The highest BCUT2D eigenvalue weighted by Crippen LogP contribution is 2.41. The molecule has 9 rings (SSSR count). The first-order chi connectivity index (χ1) is 31.6. The molecule has 3 heterocycles. The van der Waals surface area contributed by atoms with Crippen molar-refractivity contribution in [1.29, 1.82) is 0 Å². The summed E-state index contributed by atoms with van der Waals surface area (Å²) in [6, 6.07) is 54.7. The first kappa shape index (κ1) is 45.4. The largest absolute Gasteiger partial charge is 0.458 e. The van der Waals surface area contributed by atoms with E-state index in [1.54, 1.807) is 0 Å². The van der Waals surface area contributed by atoms with Crippen LogP contribution < -0.4 is 9.30 Å². The molecule has 0 atom stereocenters. The fourth-order valence-electron chi connectivity index (χ4n) is 9.31. The number of aromatic nitrogens is 4. The normalized spacial score (nSPS) is 12.9. The lowest BCUT2D eigenvalue weighted by molar-refractivity contribution is -0.599. The summed E-state index contributed by atoms with van der Waals surface area (Å²) in [6.07, 6.45) is 8.01. The van der Waals surface area contributed by atoms with Gasteiger partial charge in [0.25, 0.3) is 6.33 Å². The van der Waals surface area contributed by atoms with E-state index in [-0.39, 0.29) is 27.1 Å². The maximum absolute atomic E-state index is 6.89. The van der Waals surface area contributed by atoms with Crippen LogP contribution in [0, 0.1) is 6.33 Å². The fourth-order valence-corrected chi connectivity index (χ4v) is 9.31. The lowest BCUT2D eigenvalue weighted by Gasteiger charge is -2.27. The van der Waals surface area contributed by atoms with Gasteiger partial charge >= 0.3 is 0 Å². The standard InChI is InChI=1S/C62H66N4O/c1-58(2,3)44-31-32-63-57(37-44)66-54-30-27-45(61(10,11)42-21-16-14-17-22-42)36-53(54)52-29-28-51(39-55(52)66)67-50-26-20-25-48(38-50)65-41-64(40-56(65)62(12,13)43-23-18-15-19-24-43)49-34-46(59(4,5)6)33-47(35-49)60(7,8)9/h14-40H,1-13H3. The van der Waals surface area contributed by atoms with Crippen LogP contribution in [-0.2, 0) is 27.1 Å². The molecule has 0 saturated heterocycles. The molecule has 0 aliphatic heterocycles. The number of imidazole rings is 1. The summed E-state index contributed by atoms with van der Waals surface area (Å²) in [5.74, 6) is 2.37. The fraction of sp³-hybridized carbons (Fsp3) is 0.290. The van der Waals surface area contributed by atoms with Gasteiger partial charge in [0, 0.05) is 40.1 Å². The quantitative estimate of drug-likeness (QED) is 0.107. The lowest BCUT2D eigenvalue weighted by Crippen LogP contribution is -2.30. The third kappa shape index (κ3) is 8.73. The summed E-state index contributed by atoms with van der Waals surface area (Å²) in [6.45, 7) is 29.7.